The molecule has 196 valence electrons. The number of phenols is 1. The Morgan fingerprint density at radius 2 is 1.34 bits per heavy atom. The van der Waals surface area contributed by atoms with Crippen LogP contribution in [0.4, 0.5) is 0 Å². The average Bonchev–Trinajstić information content (AvgIpc) is 2.79. The molecule has 0 spiro atoms. The first kappa shape index (κ1) is 29.8. The van der Waals surface area contributed by atoms with E-state index in [1.165, 1.54) is 47.9 Å². The second-order valence-corrected chi connectivity index (χ2v) is 18.1. The molecule has 0 aliphatic carbocycles. The molecule has 0 saturated heterocycles. The molecule has 2 rings (SSSR count). The second kappa shape index (κ2) is 12.7. The lowest BCUT2D eigenvalue weighted by atomic mass is 9.79. The summed E-state index contributed by atoms with van der Waals surface area (Å²) in [6.45, 7) is 20.6. The standard InChI is InChI=1S/C31H50O2SSi/c1-10-13-19-35(20-14-11-2,28-18-16-15-17-27(28)33-12-3)23-34-24-21-25(30(4,5)6)29(32)26(22-24)31(7,8)9/h15-18,21-22,32H,10-14,19-20,23H2,1-9H3. The van der Waals surface area contributed by atoms with Crippen molar-refractivity contribution in [3.05, 3.63) is 47.5 Å². The van der Waals surface area contributed by atoms with Gasteiger partial charge < -0.3 is 9.84 Å². The molecule has 0 atom stereocenters. The summed E-state index contributed by atoms with van der Waals surface area (Å²) >= 11 is 2.01. The maximum Gasteiger partial charge on any atom is 0.123 e. The second-order valence-electron chi connectivity index (χ2n) is 12.1. The molecular formula is C31H50O2SSi. The Morgan fingerprint density at radius 3 is 1.80 bits per heavy atom. The van der Waals surface area contributed by atoms with Crippen molar-refractivity contribution in [3.63, 3.8) is 0 Å². The van der Waals surface area contributed by atoms with E-state index in [1.807, 2.05) is 11.8 Å². The van der Waals surface area contributed by atoms with Gasteiger partial charge in [-0.25, -0.2) is 0 Å². The lowest BCUT2D eigenvalue weighted by Gasteiger charge is -2.34. The van der Waals surface area contributed by atoms with Crippen LogP contribution in [-0.4, -0.2) is 25.2 Å². The van der Waals surface area contributed by atoms with Crippen molar-refractivity contribution < 1.29 is 9.84 Å². The van der Waals surface area contributed by atoms with Gasteiger partial charge in [-0.2, -0.15) is 0 Å². The minimum absolute atomic E-state index is 0.110. The summed E-state index contributed by atoms with van der Waals surface area (Å²) in [6, 6.07) is 16.0. The number of aromatic hydroxyl groups is 1. The van der Waals surface area contributed by atoms with Crippen LogP contribution in [0.2, 0.25) is 12.1 Å². The summed E-state index contributed by atoms with van der Waals surface area (Å²) in [6.07, 6.45) is 4.99. The van der Waals surface area contributed by atoms with Crippen molar-refractivity contribution >= 4 is 25.0 Å². The number of benzene rings is 2. The Balaban J connectivity index is 2.59. The number of hydrogen-bond donors (Lipinski definition) is 1. The maximum atomic E-state index is 11.2. The number of phenolic OH excluding ortho intramolecular Hbond substituents is 1. The fourth-order valence-corrected chi connectivity index (χ4v) is 12.8. The molecule has 4 heteroatoms. The van der Waals surface area contributed by atoms with Crippen LogP contribution in [0.15, 0.2) is 41.3 Å². The van der Waals surface area contributed by atoms with Gasteiger partial charge in [0.05, 0.1) is 6.61 Å². The van der Waals surface area contributed by atoms with Gasteiger partial charge in [0.2, 0.25) is 0 Å². The van der Waals surface area contributed by atoms with Gasteiger partial charge in [0.1, 0.15) is 19.6 Å². The van der Waals surface area contributed by atoms with Crippen LogP contribution in [0.3, 0.4) is 0 Å². The molecule has 0 bridgehead atoms. The third-order valence-corrected chi connectivity index (χ3v) is 14.5. The average molecular weight is 515 g/mol. The SMILES string of the molecule is CCCC[Si](CCCC)(CSc1cc(C(C)(C)C)c(O)c(C(C)(C)C)c1)c1ccccc1OCC. The molecule has 0 aromatic heterocycles. The minimum atomic E-state index is -1.84. The smallest absolute Gasteiger partial charge is 0.123 e. The quantitative estimate of drug-likeness (QED) is 0.226. The van der Waals surface area contributed by atoms with E-state index in [1.54, 1.807) is 0 Å². The number of ether oxygens (including phenoxy) is 1. The molecule has 0 aliphatic rings. The first-order valence-electron chi connectivity index (χ1n) is 13.6. The van der Waals surface area contributed by atoms with Crippen molar-refractivity contribution in [3.8, 4) is 11.5 Å². The summed E-state index contributed by atoms with van der Waals surface area (Å²) in [7, 11) is -1.84. The highest BCUT2D eigenvalue weighted by Gasteiger charge is 2.37. The van der Waals surface area contributed by atoms with Crippen molar-refractivity contribution in [1.29, 1.82) is 0 Å². The van der Waals surface area contributed by atoms with Crippen molar-refractivity contribution in [1.82, 2.24) is 0 Å². The Morgan fingerprint density at radius 1 is 0.829 bits per heavy atom. The number of hydrogen-bond acceptors (Lipinski definition) is 3. The van der Waals surface area contributed by atoms with Crippen LogP contribution in [-0.2, 0) is 10.8 Å². The fraction of sp³-hybridized carbons (Fsp3) is 0.613. The predicted octanol–water partition coefficient (Wildman–Crippen LogP) is 8.97. The Bertz CT molecular complexity index is 897. The Hall–Kier alpha value is -1.39. The third kappa shape index (κ3) is 7.79. The molecule has 2 aromatic carbocycles. The Labute approximate surface area is 221 Å². The number of unbranched alkanes of at least 4 members (excludes halogenated alkanes) is 2. The molecule has 0 saturated carbocycles. The van der Waals surface area contributed by atoms with E-state index in [2.05, 4.69) is 98.7 Å². The molecular weight excluding hydrogens is 464 g/mol. The fourth-order valence-electron chi connectivity index (χ4n) is 4.89. The highest BCUT2D eigenvalue weighted by atomic mass is 32.2. The van der Waals surface area contributed by atoms with Gasteiger partial charge in [0.15, 0.2) is 0 Å². The van der Waals surface area contributed by atoms with Gasteiger partial charge in [-0.1, -0.05) is 111 Å². The van der Waals surface area contributed by atoms with E-state index in [-0.39, 0.29) is 10.8 Å². The normalized spacial score (nSPS) is 12.7. The van der Waals surface area contributed by atoms with Crippen LogP contribution in [0, 0.1) is 0 Å². The van der Waals surface area contributed by atoms with Crippen LogP contribution in [0.1, 0.15) is 99.1 Å². The van der Waals surface area contributed by atoms with Crippen LogP contribution in [0.5, 0.6) is 11.5 Å². The van der Waals surface area contributed by atoms with Gasteiger partial charge >= 0.3 is 0 Å². The molecule has 0 unspecified atom stereocenters. The largest absolute Gasteiger partial charge is 0.507 e. The zero-order valence-corrected chi connectivity index (χ0v) is 25.7. The molecule has 2 aromatic rings. The third-order valence-electron chi connectivity index (χ3n) is 6.99. The van der Waals surface area contributed by atoms with Gasteiger partial charge in [-0.3, -0.25) is 0 Å². The monoisotopic (exact) mass is 514 g/mol. The van der Waals surface area contributed by atoms with E-state index >= 15 is 0 Å². The Kier molecular flexibility index (Phi) is 10.8. The highest BCUT2D eigenvalue weighted by Crippen LogP contribution is 2.42. The molecule has 0 radical (unpaired) electrons. The molecule has 2 nitrogen and oxygen atoms in total. The van der Waals surface area contributed by atoms with Crippen LogP contribution in [0.25, 0.3) is 0 Å². The summed E-state index contributed by atoms with van der Waals surface area (Å²) in [5.41, 5.74) is 1.88. The first-order chi connectivity index (χ1) is 16.4. The van der Waals surface area contributed by atoms with E-state index < -0.39 is 8.07 Å². The first-order valence-corrected chi connectivity index (χ1v) is 17.2. The predicted molar refractivity (Wildman–Crippen MR) is 159 cm³/mol. The van der Waals surface area contributed by atoms with Gasteiger partial charge in [0.25, 0.3) is 0 Å². The maximum absolute atomic E-state index is 11.2. The van der Waals surface area contributed by atoms with E-state index in [0.29, 0.717) is 12.4 Å². The van der Waals surface area contributed by atoms with Crippen molar-refractivity contribution in [2.75, 3.05) is 12.0 Å². The lowest BCUT2D eigenvalue weighted by Crippen LogP contribution is -2.51. The summed E-state index contributed by atoms with van der Waals surface area (Å²) in [4.78, 5) is 1.29. The van der Waals surface area contributed by atoms with Gasteiger partial charge in [-0.15, -0.1) is 11.8 Å². The number of thioether (sulfide) groups is 1. The molecule has 1 N–H and O–H groups in total. The summed E-state index contributed by atoms with van der Waals surface area (Å²) in [5, 5.41) is 13.9. The van der Waals surface area contributed by atoms with Gasteiger partial charge in [-0.05, 0) is 46.5 Å². The van der Waals surface area contributed by atoms with Crippen molar-refractivity contribution in [2.45, 2.75) is 116 Å². The molecule has 0 fully saturated rings. The van der Waals surface area contributed by atoms with E-state index in [4.69, 9.17) is 4.74 Å². The van der Waals surface area contributed by atoms with Crippen LogP contribution >= 0.6 is 11.8 Å². The minimum Gasteiger partial charge on any atom is -0.507 e. The highest BCUT2D eigenvalue weighted by molar-refractivity contribution is 8.01. The summed E-state index contributed by atoms with van der Waals surface area (Å²) < 4.78 is 6.19. The number of rotatable bonds is 12. The van der Waals surface area contributed by atoms with Crippen LogP contribution < -0.4 is 9.92 Å². The number of para-hydroxylation sites is 1. The molecule has 0 heterocycles. The van der Waals surface area contributed by atoms with E-state index in [9.17, 15) is 5.11 Å². The lowest BCUT2D eigenvalue weighted by molar-refractivity contribution is 0.342. The zero-order valence-electron chi connectivity index (χ0n) is 23.9. The van der Waals surface area contributed by atoms with Crippen molar-refractivity contribution in [2.24, 2.45) is 0 Å². The molecule has 0 aliphatic heterocycles. The molecule has 35 heavy (non-hydrogen) atoms. The summed E-state index contributed by atoms with van der Waals surface area (Å²) in [5.74, 6) is 1.57. The zero-order chi connectivity index (χ0) is 26.3. The van der Waals surface area contributed by atoms with Gasteiger partial charge in [0, 0.05) is 16.0 Å². The molecule has 0 amide bonds. The van der Waals surface area contributed by atoms with E-state index in [0.717, 1.165) is 22.3 Å². The topological polar surface area (TPSA) is 29.5 Å².